The van der Waals surface area contributed by atoms with E-state index in [1.54, 1.807) is 20.4 Å². The first kappa shape index (κ1) is 25.9. The van der Waals surface area contributed by atoms with Crippen molar-refractivity contribution in [3.63, 3.8) is 0 Å². The van der Waals surface area contributed by atoms with Gasteiger partial charge in [0.2, 0.25) is 5.88 Å². The number of halogens is 2. The van der Waals surface area contributed by atoms with Crippen LogP contribution in [0.25, 0.3) is 33.6 Å². The van der Waals surface area contributed by atoms with E-state index in [0.29, 0.717) is 33.1 Å². The average Bonchev–Trinajstić information content (AvgIpc) is 2.88. The van der Waals surface area contributed by atoms with Crippen LogP contribution in [0.15, 0.2) is 60.8 Å². The topological polar surface area (TPSA) is 96.3 Å². The smallest absolute Gasteiger partial charge is 0.218 e. The van der Waals surface area contributed by atoms with Gasteiger partial charge in [-0.05, 0) is 38.1 Å². The van der Waals surface area contributed by atoms with E-state index in [1.807, 2.05) is 68.4 Å². The molecule has 36 heavy (non-hydrogen) atoms. The molecular weight excluding hydrogens is 495 g/mol. The number of pyridine rings is 2. The molecule has 2 aromatic carbocycles. The van der Waals surface area contributed by atoms with E-state index in [4.69, 9.17) is 44.1 Å². The molecule has 4 aromatic rings. The van der Waals surface area contributed by atoms with Gasteiger partial charge in [0, 0.05) is 51.7 Å². The first-order valence-electron chi connectivity index (χ1n) is 11.4. The van der Waals surface area contributed by atoms with E-state index in [2.05, 4.69) is 9.97 Å². The number of benzene rings is 2. The van der Waals surface area contributed by atoms with E-state index in [9.17, 15) is 0 Å². The number of hydrogen-bond donors (Lipinski definition) is 2. The lowest BCUT2D eigenvalue weighted by Gasteiger charge is -2.16. The van der Waals surface area contributed by atoms with E-state index in [1.165, 1.54) is 0 Å². The van der Waals surface area contributed by atoms with Gasteiger partial charge in [-0.2, -0.15) is 0 Å². The average molecular weight is 523 g/mol. The third kappa shape index (κ3) is 4.90. The minimum atomic E-state index is -0.210. The molecule has 2 heterocycles. The van der Waals surface area contributed by atoms with E-state index in [0.717, 1.165) is 33.4 Å². The lowest BCUT2D eigenvalue weighted by molar-refractivity contribution is 0.390. The summed E-state index contributed by atoms with van der Waals surface area (Å²) < 4.78 is 11.0. The molecule has 0 aliphatic carbocycles. The van der Waals surface area contributed by atoms with Gasteiger partial charge in [0.15, 0.2) is 0 Å². The SMILES string of the molecule is COc1cc(-c2nccc(-c3cccc(-c4ccc([C@@H](C)N)c(OC)n4)c3Cl)c2Cl)ccc1[C@H](C)N. The van der Waals surface area contributed by atoms with Gasteiger partial charge in [-0.15, -0.1) is 0 Å². The minimum Gasteiger partial charge on any atom is -0.496 e. The number of rotatable bonds is 7. The second kappa shape index (κ2) is 10.8. The van der Waals surface area contributed by atoms with Gasteiger partial charge in [-0.1, -0.05) is 53.5 Å². The second-order valence-electron chi connectivity index (χ2n) is 8.52. The normalized spacial score (nSPS) is 12.8. The molecule has 0 unspecified atom stereocenters. The van der Waals surface area contributed by atoms with Gasteiger partial charge in [0.25, 0.3) is 0 Å². The predicted octanol–water partition coefficient (Wildman–Crippen LogP) is 6.84. The Kier molecular flexibility index (Phi) is 7.81. The molecule has 0 aliphatic rings. The van der Waals surface area contributed by atoms with Crippen molar-refractivity contribution in [3.8, 4) is 45.3 Å². The molecule has 0 spiro atoms. The Balaban J connectivity index is 1.81. The summed E-state index contributed by atoms with van der Waals surface area (Å²) in [4.78, 5) is 9.19. The van der Waals surface area contributed by atoms with Gasteiger partial charge in [-0.3, -0.25) is 4.98 Å². The van der Waals surface area contributed by atoms with Crippen LogP contribution in [-0.2, 0) is 0 Å². The van der Waals surface area contributed by atoms with Gasteiger partial charge >= 0.3 is 0 Å². The highest BCUT2D eigenvalue weighted by molar-refractivity contribution is 6.39. The quantitative estimate of drug-likeness (QED) is 0.275. The maximum Gasteiger partial charge on any atom is 0.218 e. The highest BCUT2D eigenvalue weighted by Crippen LogP contribution is 2.42. The molecule has 0 bridgehead atoms. The van der Waals surface area contributed by atoms with Crippen LogP contribution in [0.5, 0.6) is 11.6 Å². The molecule has 0 saturated carbocycles. The van der Waals surface area contributed by atoms with Crippen LogP contribution < -0.4 is 20.9 Å². The summed E-state index contributed by atoms with van der Waals surface area (Å²) >= 11 is 13.8. The van der Waals surface area contributed by atoms with Crippen LogP contribution in [0.4, 0.5) is 0 Å². The molecule has 0 aliphatic heterocycles. The molecule has 2 aromatic heterocycles. The Morgan fingerprint density at radius 1 is 0.778 bits per heavy atom. The summed E-state index contributed by atoms with van der Waals surface area (Å²) in [6.45, 7) is 3.79. The summed E-state index contributed by atoms with van der Waals surface area (Å²) in [6.07, 6.45) is 1.71. The van der Waals surface area contributed by atoms with Crippen LogP contribution in [0.3, 0.4) is 0 Å². The molecular formula is C28H28Cl2N4O2. The molecule has 0 amide bonds. The zero-order chi connectivity index (χ0) is 26.0. The summed E-state index contributed by atoms with van der Waals surface area (Å²) in [7, 11) is 3.19. The maximum absolute atomic E-state index is 6.93. The highest BCUT2D eigenvalue weighted by atomic mass is 35.5. The van der Waals surface area contributed by atoms with Gasteiger partial charge in [0.05, 0.1) is 35.7 Å². The summed E-state index contributed by atoms with van der Waals surface area (Å²) in [5, 5.41) is 0.995. The van der Waals surface area contributed by atoms with Crippen molar-refractivity contribution in [1.82, 2.24) is 9.97 Å². The molecule has 8 heteroatoms. The lowest BCUT2D eigenvalue weighted by atomic mass is 9.98. The Morgan fingerprint density at radius 2 is 1.44 bits per heavy atom. The van der Waals surface area contributed by atoms with Gasteiger partial charge < -0.3 is 20.9 Å². The van der Waals surface area contributed by atoms with E-state index in [-0.39, 0.29) is 12.1 Å². The fraction of sp³-hybridized carbons (Fsp3) is 0.214. The summed E-state index contributed by atoms with van der Waals surface area (Å²) in [5.41, 5.74) is 18.2. The Labute approximate surface area is 221 Å². The zero-order valence-electron chi connectivity index (χ0n) is 20.5. The van der Waals surface area contributed by atoms with E-state index < -0.39 is 0 Å². The maximum atomic E-state index is 6.93. The molecule has 0 fully saturated rings. The Hall–Kier alpha value is -3.16. The van der Waals surface area contributed by atoms with Crippen molar-refractivity contribution in [2.45, 2.75) is 25.9 Å². The zero-order valence-corrected chi connectivity index (χ0v) is 22.1. The molecule has 0 radical (unpaired) electrons. The lowest BCUT2D eigenvalue weighted by Crippen LogP contribution is -2.08. The second-order valence-corrected chi connectivity index (χ2v) is 9.27. The van der Waals surface area contributed by atoms with Gasteiger partial charge in [0.1, 0.15) is 5.75 Å². The third-order valence-electron chi connectivity index (χ3n) is 6.03. The molecule has 6 nitrogen and oxygen atoms in total. The number of ether oxygens (including phenoxy) is 2. The molecule has 4 N–H and O–H groups in total. The van der Waals surface area contributed by atoms with Crippen LogP contribution in [0.1, 0.15) is 37.1 Å². The first-order chi connectivity index (χ1) is 17.3. The minimum absolute atomic E-state index is 0.167. The Bertz CT molecular complexity index is 1300. The van der Waals surface area contributed by atoms with Gasteiger partial charge in [-0.25, -0.2) is 4.98 Å². The molecule has 2 atom stereocenters. The number of aromatic nitrogens is 2. The van der Waals surface area contributed by atoms with Crippen LogP contribution in [0, 0.1) is 0 Å². The predicted molar refractivity (Wildman–Crippen MR) is 147 cm³/mol. The summed E-state index contributed by atoms with van der Waals surface area (Å²) in [6, 6.07) is 16.8. The van der Waals surface area contributed by atoms with Crippen molar-refractivity contribution in [2.75, 3.05) is 14.2 Å². The van der Waals surface area contributed by atoms with Crippen LogP contribution in [0.2, 0.25) is 10.0 Å². The number of nitrogens with two attached hydrogens (primary N) is 2. The van der Waals surface area contributed by atoms with Crippen molar-refractivity contribution in [2.24, 2.45) is 11.5 Å². The number of methoxy groups -OCH3 is 2. The van der Waals surface area contributed by atoms with Crippen molar-refractivity contribution < 1.29 is 9.47 Å². The van der Waals surface area contributed by atoms with E-state index >= 15 is 0 Å². The molecule has 186 valence electrons. The highest BCUT2D eigenvalue weighted by Gasteiger charge is 2.19. The largest absolute Gasteiger partial charge is 0.496 e. The summed E-state index contributed by atoms with van der Waals surface area (Å²) in [5.74, 6) is 1.15. The van der Waals surface area contributed by atoms with Crippen molar-refractivity contribution in [3.05, 3.63) is 82.0 Å². The Morgan fingerprint density at radius 3 is 2.11 bits per heavy atom. The fourth-order valence-electron chi connectivity index (χ4n) is 4.14. The number of hydrogen-bond acceptors (Lipinski definition) is 6. The monoisotopic (exact) mass is 522 g/mol. The fourth-order valence-corrected chi connectivity index (χ4v) is 4.78. The first-order valence-corrected chi connectivity index (χ1v) is 12.2. The van der Waals surface area contributed by atoms with Crippen molar-refractivity contribution >= 4 is 23.2 Å². The number of nitrogens with zero attached hydrogens (tertiary/aromatic N) is 2. The van der Waals surface area contributed by atoms with Crippen LogP contribution >= 0.6 is 23.2 Å². The third-order valence-corrected chi connectivity index (χ3v) is 6.81. The molecule has 0 saturated heterocycles. The van der Waals surface area contributed by atoms with Crippen molar-refractivity contribution in [1.29, 1.82) is 0 Å². The van der Waals surface area contributed by atoms with Crippen LogP contribution in [-0.4, -0.2) is 24.2 Å². The molecule has 4 rings (SSSR count). The standard InChI is InChI=1S/C28H28Cl2N4O2/c1-15(31)18-9-8-17(14-24(18)35-3)27-26(30)21(12-13-33-27)20-6-5-7-22(25(20)29)23-11-10-19(16(2)32)28(34-23)36-4/h5-16H,31-32H2,1-4H3/t15-,16+/m0/s1.